The molecule has 1 aromatic rings. The number of hydrogen-bond acceptors (Lipinski definition) is 2. The summed E-state index contributed by atoms with van der Waals surface area (Å²) in [6, 6.07) is 6.13. The first-order valence-electron chi connectivity index (χ1n) is 7.13. The SMILES string of the molecule is CC(C)(C(=O)NCC1CCCC1O)c1cccc(F)c1. The molecule has 110 valence electrons. The molecule has 3 nitrogen and oxygen atoms in total. The molecule has 0 aliphatic heterocycles. The number of carbonyl (C=O) groups excluding carboxylic acids is 1. The third kappa shape index (κ3) is 3.18. The minimum Gasteiger partial charge on any atom is -0.393 e. The molecule has 1 aliphatic carbocycles. The summed E-state index contributed by atoms with van der Waals surface area (Å²) >= 11 is 0. The van der Waals surface area contributed by atoms with Crippen LogP contribution >= 0.6 is 0 Å². The second-order valence-corrected chi connectivity index (χ2v) is 6.10. The van der Waals surface area contributed by atoms with Gasteiger partial charge in [-0.25, -0.2) is 4.39 Å². The zero-order valence-electron chi connectivity index (χ0n) is 12.0. The van der Waals surface area contributed by atoms with Gasteiger partial charge in [-0.1, -0.05) is 18.6 Å². The van der Waals surface area contributed by atoms with Gasteiger partial charge in [-0.3, -0.25) is 4.79 Å². The highest BCUT2D eigenvalue weighted by atomic mass is 19.1. The predicted octanol–water partition coefficient (Wildman–Crippen LogP) is 2.38. The number of amides is 1. The molecule has 4 heteroatoms. The van der Waals surface area contributed by atoms with E-state index in [2.05, 4.69) is 5.32 Å². The van der Waals surface area contributed by atoms with E-state index in [4.69, 9.17) is 0 Å². The summed E-state index contributed by atoms with van der Waals surface area (Å²) in [5, 5.41) is 12.6. The van der Waals surface area contributed by atoms with E-state index in [0.717, 1.165) is 19.3 Å². The number of benzene rings is 1. The summed E-state index contributed by atoms with van der Waals surface area (Å²) in [7, 11) is 0. The molecule has 1 saturated carbocycles. The molecule has 0 spiro atoms. The van der Waals surface area contributed by atoms with Gasteiger partial charge in [0, 0.05) is 12.5 Å². The monoisotopic (exact) mass is 279 g/mol. The van der Waals surface area contributed by atoms with Crippen molar-refractivity contribution in [2.24, 2.45) is 5.92 Å². The highest BCUT2D eigenvalue weighted by Gasteiger charge is 2.32. The summed E-state index contributed by atoms with van der Waals surface area (Å²) in [5.41, 5.74) is -0.131. The molecule has 1 fully saturated rings. The molecule has 1 amide bonds. The Balaban J connectivity index is 2.00. The third-order valence-corrected chi connectivity index (χ3v) is 4.26. The van der Waals surface area contributed by atoms with Crippen molar-refractivity contribution in [1.82, 2.24) is 5.32 Å². The molecule has 2 N–H and O–H groups in total. The normalized spacial score (nSPS) is 22.8. The van der Waals surface area contributed by atoms with E-state index in [-0.39, 0.29) is 23.7 Å². The largest absolute Gasteiger partial charge is 0.393 e. The molecule has 0 radical (unpaired) electrons. The number of aliphatic hydroxyl groups excluding tert-OH is 1. The zero-order chi connectivity index (χ0) is 14.8. The lowest BCUT2D eigenvalue weighted by molar-refractivity contribution is -0.126. The first-order valence-corrected chi connectivity index (χ1v) is 7.13. The summed E-state index contributed by atoms with van der Waals surface area (Å²) in [6.07, 6.45) is 2.46. The van der Waals surface area contributed by atoms with Crippen LogP contribution in [0.1, 0.15) is 38.7 Å². The van der Waals surface area contributed by atoms with Crippen molar-refractivity contribution < 1.29 is 14.3 Å². The molecular formula is C16H22FNO2. The Labute approximate surface area is 119 Å². The second-order valence-electron chi connectivity index (χ2n) is 6.10. The number of rotatable bonds is 4. The van der Waals surface area contributed by atoms with E-state index in [9.17, 15) is 14.3 Å². The Kier molecular flexibility index (Phi) is 4.43. The van der Waals surface area contributed by atoms with Crippen molar-refractivity contribution in [2.45, 2.75) is 44.6 Å². The summed E-state index contributed by atoms with van der Waals surface area (Å²) in [6.45, 7) is 4.04. The van der Waals surface area contributed by atoms with Crippen LogP contribution in [0.4, 0.5) is 4.39 Å². The first-order chi connectivity index (χ1) is 9.41. The van der Waals surface area contributed by atoms with Gasteiger partial charge >= 0.3 is 0 Å². The van der Waals surface area contributed by atoms with E-state index in [1.807, 2.05) is 0 Å². The van der Waals surface area contributed by atoms with E-state index < -0.39 is 5.41 Å². The van der Waals surface area contributed by atoms with Gasteiger partial charge in [0.25, 0.3) is 0 Å². The maximum Gasteiger partial charge on any atom is 0.230 e. The average molecular weight is 279 g/mol. The molecule has 2 atom stereocenters. The van der Waals surface area contributed by atoms with Gasteiger partial charge in [0.1, 0.15) is 5.82 Å². The van der Waals surface area contributed by atoms with Gasteiger partial charge in [0.05, 0.1) is 11.5 Å². The van der Waals surface area contributed by atoms with E-state index >= 15 is 0 Å². The highest BCUT2D eigenvalue weighted by Crippen LogP contribution is 2.27. The number of carbonyl (C=O) groups is 1. The number of nitrogens with one attached hydrogen (secondary N) is 1. The Morgan fingerprint density at radius 2 is 2.20 bits per heavy atom. The molecular weight excluding hydrogens is 257 g/mol. The van der Waals surface area contributed by atoms with Crippen molar-refractivity contribution >= 4 is 5.91 Å². The van der Waals surface area contributed by atoms with Gasteiger partial charge in [-0.2, -0.15) is 0 Å². The molecule has 0 saturated heterocycles. The van der Waals surface area contributed by atoms with Gasteiger partial charge in [0.2, 0.25) is 5.91 Å². The quantitative estimate of drug-likeness (QED) is 0.889. The van der Waals surface area contributed by atoms with Gasteiger partial charge in [0.15, 0.2) is 0 Å². The summed E-state index contributed by atoms with van der Waals surface area (Å²) < 4.78 is 13.3. The molecule has 0 aromatic heterocycles. The fraction of sp³-hybridized carbons (Fsp3) is 0.562. The van der Waals surface area contributed by atoms with E-state index in [0.29, 0.717) is 12.1 Å². The van der Waals surface area contributed by atoms with Crippen LogP contribution in [0, 0.1) is 11.7 Å². The van der Waals surface area contributed by atoms with Crippen LogP contribution in [0.25, 0.3) is 0 Å². The topological polar surface area (TPSA) is 49.3 Å². The van der Waals surface area contributed by atoms with Crippen LogP contribution in [0.15, 0.2) is 24.3 Å². The van der Waals surface area contributed by atoms with Crippen LogP contribution in [0.2, 0.25) is 0 Å². The highest BCUT2D eigenvalue weighted by molar-refractivity contribution is 5.87. The average Bonchev–Trinajstić information content (AvgIpc) is 2.81. The third-order valence-electron chi connectivity index (χ3n) is 4.26. The number of hydrogen-bond donors (Lipinski definition) is 2. The van der Waals surface area contributed by atoms with Crippen LogP contribution < -0.4 is 5.32 Å². The van der Waals surface area contributed by atoms with Crippen molar-refractivity contribution in [3.63, 3.8) is 0 Å². The van der Waals surface area contributed by atoms with Crippen LogP contribution in [-0.4, -0.2) is 23.7 Å². The fourth-order valence-corrected chi connectivity index (χ4v) is 2.71. The summed E-state index contributed by atoms with van der Waals surface area (Å²) in [4.78, 5) is 12.3. The molecule has 1 aliphatic rings. The van der Waals surface area contributed by atoms with Gasteiger partial charge < -0.3 is 10.4 Å². The lowest BCUT2D eigenvalue weighted by atomic mass is 9.83. The summed E-state index contributed by atoms with van der Waals surface area (Å²) in [5.74, 6) is -0.334. The smallest absolute Gasteiger partial charge is 0.230 e. The van der Waals surface area contributed by atoms with Crippen molar-refractivity contribution in [2.75, 3.05) is 6.54 Å². The van der Waals surface area contributed by atoms with E-state index in [1.165, 1.54) is 12.1 Å². The molecule has 2 rings (SSSR count). The molecule has 0 heterocycles. The first kappa shape index (κ1) is 15.0. The number of aliphatic hydroxyl groups is 1. The Hall–Kier alpha value is -1.42. The minimum absolute atomic E-state index is 0.137. The van der Waals surface area contributed by atoms with Gasteiger partial charge in [-0.15, -0.1) is 0 Å². The van der Waals surface area contributed by atoms with Crippen LogP contribution in [0.3, 0.4) is 0 Å². The molecule has 1 aromatic carbocycles. The minimum atomic E-state index is -0.786. The maximum atomic E-state index is 13.3. The predicted molar refractivity (Wildman–Crippen MR) is 75.8 cm³/mol. The molecule has 2 unspecified atom stereocenters. The second kappa shape index (κ2) is 5.92. The number of halogens is 1. The van der Waals surface area contributed by atoms with Crippen molar-refractivity contribution in [3.8, 4) is 0 Å². The van der Waals surface area contributed by atoms with Crippen LogP contribution in [-0.2, 0) is 10.2 Å². The molecule has 0 bridgehead atoms. The maximum absolute atomic E-state index is 13.3. The standard InChI is InChI=1S/C16H22FNO2/c1-16(2,12-6-4-7-13(17)9-12)15(20)18-10-11-5-3-8-14(11)19/h4,6-7,9,11,14,19H,3,5,8,10H2,1-2H3,(H,18,20). The van der Waals surface area contributed by atoms with Crippen LogP contribution in [0.5, 0.6) is 0 Å². The fourth-order valence-electron chi connectivity index (χ4n) is 2.71. The molecule has 20 heavy (non-hydrogen) atoms. The Morgan fingerprint density at radius 3 is 2.80 bits per heavy atom. The van der Waals surface area contributed by atoms with Crippen molar-refractivity contribution in [1.29, 1.82) is 0 Å². The van der Waals surface area contributed by atoms with E-state index in [1.54, 1.807) is 26.0 Å². The van der Waals surface area contributed by atoms with Crippen molar-refractivity contribution in [3.05, 3.63) is 35.6 Å². The lowest BCUT2D eigenvalue weighted by Crippen LogP contribution is -2.43. The Morgan fingerprint density at radius 1 is 1.45 bits per heavy atom. The zero-order valence-corrected chi connectivity index (χ0v) is 12.0. The Bertz CT molecular complexity index is 487. The lowest BCUT2D eigenvalue weighted by Gasteiger charge is -2.25. The van der Waals surface area contributed by atoms with Gasteiger partial charge in [-0.05, 0) is 44.4 Å².